The summed E-state index contributed by atoms with van der Waals surface area (Å²) < 4.78 is 4.82. The van der Waals surface area contributed by atoms with Crippen LogP contribution in [0.15, 0.2) is 18.2 Å². The number of hydrogen-bond acceptors (Lipinski definition) is 5. The molecular weight excluding hydrogens is 406 g/mol. The first-order chi connectivity index (χ1) is 13.9. The minimum Gasteiger partial charge on any atom is -0.469 e. The van der Waals surface area contributed by atoms with Crippen molar-refractivity contribution in [1.29, 1.82) is 5.41 Å². The molecule has 0 aromatic heterocycles. The van der Waals surface area contributed by atoms with Crippen LogP contribution >= 0.6 is 12.4 Å². The van der Waals surface area contributed by atoms with Crippen LogP contribution in [-0.2, 0) is 9.53 Å². The van der Waals surface area contributed by atoms with Gasteiger partial charge in [0.1, 0.15) is 5.84 Å². The zero-order chi connectivity index (χ0) is 21.0. The number of urea groups is 1. The normalized spacial score (nSPS) is 21.4. The van der Waals surface area contributed by atoms with Crippen LogP contribution in [0.5, 0.6) is 0 Å². The number of esters is 1. The van der Waals surface area contributed by atoms with Crippen molar-refractivity contribution in [3.05, 3.63) is 29.3 Å². The number of nitrogens with one attached hydrogen (secondary N) is 2. The van der Waals surface area contributed by atoms with Crippen molar-refractivity contribution in [3.63, 3.8) is 0 Å². The van der Waals surface area contributed by atoms with Crippen molar-refractivity contribution in [2.45, 2.75) is 38.6 Å². The molecular formula is C21H32ClN5O3. The van der Waals surface area contributed by atoms with Gasteiger partial charge in [0.05, 0.1) is 13.0 Å². The Morgan fingerprint density at radius 1 is 1.13 bits per heavy atom. The van der Waals surface area contributed by atoms with Gasteiger partial charge in [0.15, 0.2) is 0 Å². The van der Waals surface area contributed by atoms with Crippen molar-refractivity contribution in [1.82, 2.24) is 10.2 Å². The fourth-order valence-electron chi connectivity index (χ4n) is 4.23. The average molecular weight is 438 g/mol. The first kappa shape index (κ1) is 23.8. The summed E-state index contributed by atoms with van der Waals surface area (Å²) in [6, 6.07) is 5.91. The summed E-state index contributed by atoms with van der Waals surface area (Å²) in [5.74, 6) is -0.103. The number of amidine groups is 1. The van der Waals surface area contributed by atoms with Gasteiger partial charge in [0.25, 0.3) is 0 Å². The van der Waals surface area contributed by atoms with E-state index in [0.29, 0.717) is 13.1 Å². The van der Waals surface area contributed by atoms with Crippen molar-refractivity contribution < 1.29 is 14.3 Å². The van der Waals surface area contributed by atoms with Crippen LogP contribution in [0.3, 0.4) is 0 Å². The summed E-state index contributed by atoms with van der Waals surface area (Å²) in [5, 5.41) is 10.7. The van der Waals surface area contributed by atoms with Gasteiger partial charge in [0, 0.05) is 43.5 Å². The second-order valence-corrected chi connectivity index (χ2v) is 7.91. The van der Waals surface area contributed by atoms with Crippen molar-refractivity contribution in [3.8, 4) is 0 Å². The Morgan fingerprint density at radius 3 is 2.30 bits per heavy atom. The number of halogens is 1. The molecule has 1 aliphatic heterocycles. The van der Waals surface area contributed by atoms with Crippen LogP contribution in [0.1, 0.15) is 36.8 Å². The third kappa shape index (κ3) is 5.56. The molecule has 2 fully saturated rings. The number of piperazine rings is 1. The van der Waals surface area contributed by atoms with Crippen LogP contribution < -0.4 is 16.0 Å². The van der Waals surface area contributed by atoms with Gasteiger partial charge in [-0.2, -0.15) is 0 Å². The van der Waals surface area contributed by atoms with E-state index in [1.807, 2.05) is 30.0 Å². The van der Waals surface area contributed by atoms with E-state index in [2.05, 4.69) is 10.2 Å². The van der Waals surface area contributed by atoms with Gasteiger partial charge in [-0.1, -0.05) is 0 Å². The van der Waals surface area contributed by atoms with E-state index < -0.39 is 0 Å². The number of methoxy groups -OCH3 is 1. The van der Waals surface area contributed by atoms with E-state index in [1.54, 1.807) is 0 Å². The van der Waals surface area contributed by atoms with Gasteiger partial charge in [0.2, 0.25) is 0 Å². The van der Waals surface area contributed by atoms with Gasteiger partial charge in [-0.05, 0) is 56.4 Å². The summed E-state index contributed by atoms with van der Waals surface area (Å²) in [5.41, 5.74) is 8.50. The molecule has 0 unspecified atom stereocenters. The molecule has 0 bridgehead atoms. The molecule has 8 nitrogen and oxygen atoms in total. The number of benzene rings is 1. The molecule has 166 valence electrons. The number of hydrogen-bond donors (Lipinski definition) is 3. The first-order valence-electron chi connectivity index (χ1n) is 10.2. The minimum absolute atomic E-state index is 0. The van der Waals surface area contributed by atoms with E-state index in [9.17, 15) is 9.59 Å². The summed E-state index contributed by atoms with van der Waals surface area (Å²) in [7, 11) is 1.43. The van der Waals surface area contributed by atoms with E-state index in [-0.39, 0.29) is 42.2 Å². The number of rotatable bonds is 4. The van der Waals surface area contributed by atoms with Gasteiger partial charge in [-0.25, -0.2) is 4.79 Å². The second-order valence-electron chi connectivity index (χ2n) is 7.91. The zero-order valence-electron chi connectivity index (χ0n) is 17.6. The standard InChI is InChI=1S/C21H31N5O3.ClH/c1-14-13-16(19(22)23)5-8-18(14)25-9-11-26(12-10-25)21(28)24-17-6-3-15(4-7-17)20(27)29-2;/h5,8,13,15,17H,3-4,6-7,9-12H2,1-2H3,(H3,22,23)(H,24,28);1H/t15-,17-;. The van der Waals surface area contributed by atoms with Crippen LogP contribution in [0.25, 0.3) is 0 Å². The summed E-state index contributed by atoms with van der Waals surface area (Å²) in [6.07, 6.45) is 3.15. The predicted octanol–water partition coefficient (Wildman–Crippen LogP) is 2.26. The van der Waals surface area contributed by atoms with Crippen LogP contribution in [0, 0.1) is 18.3 Å². The quantitative estimate of drug-likeness (QED) is 0.380. The lowest BCUT2D eigenvalue weighted by molar-refractivity contribution is -0.146. The Bertz CT molecular complexity index is 772. The monoisotopic (exact) mass is 437 g/mol. The fourth-order valence-corrected chi connectivity index (χ4v) is 4.23. The van der Waals surface area contributed by atoms with E-state index in [4.69, 9.17) is 15.9 Å². The van der Waals surface area contributed by atoms with Crippen LogP contribution in [0.4, 0.5) is 10.5 Å². The summed E-state index contributed by atoms with van der Waals surface area (Å²) in [6.45, 7) is 4.88. The summed E-state index contributed by atoms with van der Waals surface area (Å²) >= 11 is 0. The number of ether oxygens (including phenoxy) is 1. The maximum absolute atomic E-state index is 12.6. The summed E-state index contributed by atoms with van der Waals surface area (Å²) in [4.78, 5) is 28.4. The van der Waals surface area contributed by atoms with Crippen LogP contribution in [0.2, 0.25) is 0 Å². The number of nitrogens with two attached hydrogens (primary N) is 1. The number of carbonyl (C=O) groups excluding carboxylic acids is 2. The topological polar surface area (TPSA) is 112 Å². The van der Waals surface area contributed by atoms with E-state index >= 15 is 0 Å². The molecule has 1 aliphatic carbocycles. The largest absolute Gasteiger partial charge is 0.469 e. The first-order valence-corrected chi connectivity index (χ1v) is 10.2. The molecule has 0 spiro atoms. The number of carbonyl (C=O) groups is 2. The van der Waals surface area contributed by atoms with Crippen molar-refractivity contribution in [2.75, 3.05) is 38.2 Å². The molecule has 1 heterocycles. The van der Waals surface area contributed by atoms with E-state index in [1.165, 1.54) is 7.11 Å². The molecule has 9 heteroatoms. The second kappa shape index (κ2) is 10.5. The zero-order valence-corrected chi connectivity index (χ0v) is 18.5. The molecule has 2 amide bonds. The van der Waals surface area contributed by atoms with Gasteiger partial charge in [-0.15, -0.1) is 12.4 Å². The smallest absolute Gasteiger partial charge is 0.317 e. The highest BCUT2D eigenvalue weighted by molar-refractivity contribution is 5.95. The molecule has 0 atom stereocenters. The SMILES string of the molecule is COC(=O)[C@H]1CC[C@H](NC(=O)N2CCN(c3ccc(C(=N)N)cc3C)CC2)CC1.Cl. The van der Waals surface area contributed by atoms with Gasteiger partial charge < -0.3 is 25.6 Å². The average Bonchev–Trinajstić information content (AvgIpc) is 2.73. The number of aryl methyl sites for hydroxylation is 1. The molecule has 0 radical (unpaired) electrons. The van der Waals surface area contributed by atoms with Crippen molar-refractivity contribution >= 4 is 35.9 Å². The molecule has 1 aromatic rings. The molecule has 2 aliphatic rings. The predicted molar refractivity (Wildman–Crippen MR) is 120 cm³/mol. The lowest BCUT2D eigenvalue weighted by Crippen LogP contribution is -2.54. The highest BCUT2D eigenvalue weighted by Gasteiger charge is 2.29. The Hall–Kier alpha value is -2.48. The van der Waals surface area contributed by atoms with Gasteiger partial charge in [-0.3, -0.25) is 10.2 Å². The Morgan fingerprint density at radius 2 is 1.77 bits per heavy atom. The lowest BCUT2D eigenvalue weighted by atomic mass is 9.86. The Kier molecular flexibility index (Phi) is 8.34. The molecule has 1 saturated heterocycles. The Labute approximate surface area is 184 Å². The molecule has 3 rings (SSSR count). The third-order valence-corrected chi connectivity index (χ3v) is 6.00. The molecule has 4 N–H and O–H groups in total. The number of nitrogens with zero attached hydrogens (tertiary/aromatic N) is 2. The highest BCUT2D eigenvalue weighted by Crippen LogP contribution is 2.26. The fraction of sp³-hybridized carbons (Fsp3) is 0.571. The molecule has 1 aromatic carbocycles. The van der Waals surface area contributed by atoms with Crippen molar-refractivity contribution in [2.24, 2.45) is 11.7 Å². The number of nitrogen functional groups attached to an aromatic ring is 1. The number of amides is 2. The molecule has 30 heavy (non-hydrogen) atoms. The Balaban J connectivity index is 0.00000320. The molecule has 1 saturated carbocycles. The maximum atomic E-state index is 12.6. The highest BCUT2D eigenvalue weighted by atomic mass is 35.5. The maximum Gasteiger partial charge on any atom is 0.317 e. The van der Waals surface area contributed by atoms with E-state index in [0.717, 1.165) is 55.6 Å². The van der Waals surface area contributed by atoms with Crippen LogP contribution in [-0.4, -0.2) is 62.1 Å². The lowest BCUT2D eigenvalue weighted by Gasteiger charge is -2.38. The number of anilines is 1. The third-order valence-electron chi connectivity index (χ3n) is 6.00. The minimum atomic E-state index is -0.141. The van der Waals surface area contributed by atoms with Gasteiger partial charge >= 0.3 is 12.0 Å².